The Morgan fingerprint density at radius 3 is 2.56 bits per heavy atom. The number of amides is 1. The second-order valence-corrected chi connectivity index (χ2v) is 6.69. The van der Waals surface area contributed by atoms with Gasteiger partial charge in [0.15, 0.2) is 6.61 Å². The average Bonchev–Trinajstić information content (AvgIpc) is 3.30. The van der Waals surface area contributed by atoms with Crippen molar-refractivity contribution in [2.75, 3.05) is 14.2 Å². The van der Waals surface area contributed by atoms with E-state index in [0.29, 0.717) is 17.1 Å². The molecule has 9 heteroatoms. The Balaban J connectivity index is 1.48. The zero-order chi connectivity index (χ0) is 22.9. The van der Waals surface area contributed by atoms with Gasteiger partial charge in [-0.15, -0.1) is 0 Å². The molecule has 9 nitrogen and oxygen atoms in total. The summed E-state index contributed by atoms with van der Waals surface area (Å²) in [5.74, 6) is 0.806. The van der Waals surface area contributed by atoms with Crippen LogP contribution in [0.25, 0.3) is 17.5 Å². The highest BCUT2D eigenvalue weighted by Crippen LogP contribution is 2.21. The van der Waals surface area contributed by atoms with Gasteiger partial charge in [-0.1, -0.05) is 29.4 Å². The summed E-state index contributed by atoms with van der Waals surface area (Å²) in [7, 11) is 3.14. The number of ether oxygens (including phenoxy) is 3. The summed E-state index contributed by atoms with van der Waals surface area (Å²) in [5.41, 5.74) is 1.52. The van der Waals surface area contributed by atoms with Crippen LogP contribution in [-0.4, -0.2) is 42.3 Å². The maximum atomic E-state index is 12.2. The van der Waals surface area contributed by atoms with Crippen molar-refractivity contribution in [3.8, 4) is 22.9 Å². The van der Waals surface area contributed by atoms with Gasteiger partial charge in [-0.2, -0.15) is 4.98 Å². The first-order valence-corrected chi connectivity index (χ1v) is 9.74. The normalized spacial score (nSPS) is 11.7. The highest BCUT2D eigenvalue weighted by Gasteiger charge is 2.18. The smallest absolute Gasteiger partial charge is 0.328 e. The molecule has 0 saturated carbocycles. The Morgan fingerprint density at radius 2 is 1.84 bits per heavy atom. The number of esters is 1. The third-order valence-corrected chi connectivity index (χ3v) is 4.39. The van der Waals surface area contributed by atoms with Crippen LogP contribution in [0.4, 0.5) is 0 Å². The summed E-state index contributed by atoms with van der Waals surface area (Å²) in [6.07, 6.45) is 2.97. The highest BCUT2D eigenvalue weighted by molar-refractivity contribution is 5.94. The summed E-state index contributed by atoms with van der Waals surface area (Å²) in [6, 6.07) is 13.5. The first-order chi connectivity index (χ1) is 15.5. The van der Waals surface area contributed by atoms with Crippen molar-refractivity contribution in [1.82, 2.24) is 15.5 Å². The molecule has 0 aliphatic rings. The van der Waals surface area contributed by atoms with Gasteiger partial charge in [0.05, 0.1) is 14.2 Å². The molecule has 0 unspecified atom stereocenters. The summed E-state index contributed by atoms with van der Waals surface area (Å²) in [5, 5.41) is 6.42. The maximum absolute atomic E-state index is 12.2. The van der Waals surface area contributed by atoms with Gasteiger partial charge >= 0.3 is 5.97 Å². The third kappa shape index (κ3) is 6.18. The predicted octanol–water partition coefficient (Wildman–Crippen LogP) is 3.02. The molecule has 1 N–H and O–H groups in total. The Hall–Kier alpha value is -4.14. The summed E-state index contributed by atoms with van der Waals surface area (Å²) in [6.45, 7) is 1.31. The highest BCUT2D eigenvalue weighted by atomic mass is 16.6. The van der Waals surface area contributed by atoms with Crippen molar-refractivity contribution in [3.63, 3.8) is 0 Å². The minimum absolute atomic E-state index is 0.133. The maximum Gasteiger partial charge on any atom is 0.328 e. The van der Waals surface area contributed by atoms with E-state index < -0.39 is 17.9 Å². The van der Waals surface area contributed by atoms with Crippen LogP contribution >= 0.6 is 0 Å². The van der Waals surface area contributed by atoms with Crippen LogP contribution in [0.2, 0.25) is 0 Å². The molecule has 0 spiro atoms. The molecule has 1 atom stereocenters. The molecule has 2 aromatic carbocycles. The molecule has 0 saturated heterocycles. The van der Waals surface area contributed by atoms with Gasteiger partial charge in [-0.3, -0.25) is 4.79 Å². The zero-order valence-electron chi connectivity index (χ0n) is 17.9. The molecule has 1 amide bonds. The molecule has 1 aromatic heterocycles. The number of carbonyl (C=O) groups excluding carboxylic acids is 2. The second-order valence-electron chi connectivity index (χ2n) is 6.69. The molecule has 0 radical (unpaired) electrons. The zero-order valence-corrected chi connectivity index (χ0v) is 17.9. The number of hydrogen-bond acceptors (Lipinski definition) is 8. The number of hydrogen-bond donors (Lipinski definition) is 1. The minimum Gasteiger partial charge on any atom is -0.497 e. The van der Waals surface area contributed by atoms with Crippen LogP contribution in [0.1, 0.15) is 18.4 Å². The molecule has 0 aliphatic heterocycles. The van der Waals surface area contributed by atoms with Gasteiger partial charge in [0.2, 0.25) is 11.7 Å². The van der Waals surface area contributed by atoms with Crippen LogP contribution in [-0.2, 0) is 20.9 Å². The molecular weight excluding hydrogens is 414 g/mol. The van der Waals surface area contributed by atoms with Crippen molar-refractivity contribution in [2.24, 2.45) is 0 Å². The third-order valence-electron chi connectivity index (χ3n) is 4.39. The van der Waals surface area contributed by atoms with E-state index in [4.69, 9.17) is 18.7 Å². The molecule has 3 rings (SSSR count). The fourth-order valence-corrected chi connectivity index (χ4v) is 2.66. The van der Waals surface area contributed by atoms with E-state index in [1.54, 1.807) is 56.7 Å². The van der Waals surface area contributed by atoms with Gasteiger partial charge in [0.1, 0.15) is 17.5 Å². The van der Waals surface area contributed by atoms with Crippen LogP contribution in [0, 0.1) is 0 Å². The first kappa shape index (κ1) is 22.5. The summed E-state index contributed by atoms with van der Waals surface area (Å²) >= 11 is 0. The fourth-order valence-electron chi connectivity index (χ4n) is 2.66. The van der Waals surface area contributed by atoms with Crippen LogP contribution in [0.15, 0.2) is 59.1 Å². The van der Waals surface area contributed by atoms with Gasteiger partial charge in [0.25, 0.3) is 5.89 Å². The van der Waals surface area contributed by atoms with E-state index in [0.717, 1.165) is 11.3 Å². The molecule has 0 aliphatic carbocycles. The number of rotatable bonds is 9. The fraction of sp³-hybridized carbons (Fsp3) is 0.217. The van der Waals surface area contributed by atoms with Crippen LogP contribution in [0.5, 0.6) is 11.5 Å². The SMILES string of the molecule is COc1ccc(/C=C/C(=O)N[C@@H](C)C(=O)OCc2nc(-c3cccc(OC)c3)no2)cc1. The molecule has 166 valence electrons. The van der Waals surface area contributed by atoms with Crippen molar-refractivity contribution in [1.29, 1.82) is 0 Å². The van der Waals surface area contributed by atoms with Crippen molar-refractivity contribution < 1.29 is 28.3 Å². The number of nitrogens with zero attached hydrogens (tertiary/aromatic N) is 2. The average molecular weight is 437 g/mol. The number of aromatic nitrogens is 2. The lowest BCUT2D eigenvalue weighted by atomic mass is 10.2. The first-order valence-electron chi connectivity index (χ1n) is 9.74. The second kappa shape index (κ2) is 10.8. The molecule has 0 fully saturated rings. The minimum atomic E-state index is -0.858. The van der Waals surface area contributed by atoms with Gasteiger partial charge in [-0.05, 0) is 42.8 Å². The molecular formula is C23H23N3O6. The van der Waals surface area contributed by atoms with E-state index in [1.165, 1.54) is 13.0 Å². The molecule has 3 aromatic rings. The largest absolute Gasteiger partial charge is 0.497 e. The predicted molar refractivity (Wildman–Crippen MR) is 116 cm³/mol. The Kier molecular flexibility index (Phi) is 7.58. The Labute approximate surface area is 185 Å². The number of carbonyl (C=O) groups is 2. The summed E-state index contributed by atoms with van der Waals surface area (Å²) < 4.78 is 20.5. The number of nitrogens with one attached hydrogen (secondary N) is 1. The van der Waals surface area contributed by atoms with Gasteiger partial charge < -0.3 is 24.1 Å². The van der Waals surface area contributed by atoms with E-state index in [1.807, 2.05) is 12.1 Å². The van der Waals surface area contributed by atoms with Crippen molar-refractivity contribution >= 4 is 18.0 Å². The molecule has 0 bridgehead atoms. The Morgan fingerprint density at radius 1 is 1.09 bits per heavy atom. The standard InChI is InChI=1S/C23H23N3O6/c1-15(24-20(27)12-9-16-7-10-18(29-2)11-8-16)23(28)31-14-21-25-22(26-32-21)17-5-4-6-19(13-17)30-3/h4-13,15H,14H2,1-3H3,(H,24,27)/b12-9+/t15-/m0/s1. The van der Waals surface area contributed by atoms with Crippen LogP contribution in [0.3, 0.4) is 0 Å². The molecule has 32 heavy (non-hydrogen) atoms. The van der Waals surface area contributed by atoms with Crippen molar-refractivity contribution in [2.45, 2.75) is 19.6 Å². The van der Waals surface area contributed by atoms with E-state index in [9.17, 15) is 9.59 Å². The number of benzene rings is 2. The van der Waals surface area contributed by atoms with E-state index in [2.05, 4.69) is 15.5 Å². The lowest BCUT2D eigenvalue weighted by Gasteiger charge is -2.11. The monoisotopic (exact) mass is 437 g/mol. The Bertz CT molecular complexity index is 1090. The van der Waals surface area contributed by atoms with E-state index in [-0.39, 0.29) is 12.5 Å². The van der Waals surface area contributed by atoms with E-state index >= 15 is 0 Å². The van der Waals surface area contributed by atoms with Gasteiger partial charge in [-0.25, -0.2) is 4.79 Å². The topological polar surface area (TPSA) is 113 Å². The number of methoxy groups -OCH3 is 2. The van der Waals surface area contributed by atoms with Crippen molar-refractivity contribution in [3.05, 3.63) is 66.1 Å². The lowest BCUT2D eigenvalue weighted by Crippen LogP contribution is -2.38. The van der Waals surface area contributed by atoms with Crippen LogP contribution < -0.4 is 14.8 Å². The lowest BCUT2D eigenvalue weighted by molar-refractivity contribution is -0.149. The summed E-state index contributed by atoms with van der Waals surface area (Å²) in [4.78, 5) is 28.4. The quantitative estimate of drug-likeness (QED) is 0.402. The van der Waals surface area contributed by atoms with Gasteiger partial charge in [0, 0.05) is 11.6 Å². The molecule has 1 heterocycles.